The number of hydrogen-bond donors (Lipinski definition) is 2. The van der Waals surface area contributed by atoms with Crippen LogP contribution in [0.15, 0.2) is 72.3 Å². The summed E-state index contributed by atoms with van der Waals surface area (Å²) in [7, 11) is 1.55. The molecule has 8 nitrogen and oxygen atoms in total. The van der Waals surface area contributed by atoms with Gasteiger partial charge in [-0.05, 0) is 73.0 Å². The first-order valence-corrected chi connectivity index (χ1v) is 12.3. The zero-order valence-electron chi connectivity index (χ0n) is 21.8. The van der Waals surface area contributed by atoms with Crippen LogP contribution in [0.5, 0.6) is 11.5 Å². The second-order valence-corrected chi connectivity index (χ2v) is 9.00. The quantitative estimate of drug-likeness (QED) is 0.238. The molecule has 0 bridgehead atoms. The lowest BCUT2D eigenvalue weighted by molar-refractivity contribution is -0.132. The molecule has 8 heteroatoms. The smallest absolute Gasteiger partial charge is 0.300 e. The van der Waals surface area contributed by atoms with Crippen molar-refractivity contribution >= 4 is 34.7 Å². The molecule has 1 saturated heterocycles. The second kappa shape index (κ2) is 11.2. The van der Waals surface area contributed by atoms with Crippen LogP contribution in [0.2, 0.25) is 0 Å². The molecule has 1 aliphatic heterocycles. The highest BCUT2D eigenvalue weighted by molar-refractivity contribution is 6.51. The summed E-state index contributed by atoms with van der Waals surface area (Å²) in [4.78, 5) is 39.8. The maximum Gasteiger partial charge on any atom is 0.300 e. The molecule has 0 aromatic heterocycles. The van der Waals surface area contributed by atoms with Crippen LogP contribution >= 0.6 is 0 Å². The van der Waals surface area contributed by atoms with Crippen LogP contribution in [-0.4, -0.2) is 36.4 Å². The Bertz CT molecular complexity index is 1410. The number of Topliss-reactive ketones (excluding diaryl/α,β-unsaturated/α-hetero) is 1. The zero-order valence-corrected chi connectivity index (χ0v) is 21.8. The predicted octanol–water partition coefficient (Wildman–Crippen LogP) is 5.38. The third-order valence-electron chi connectivity index (χ3n) is 6.23. The van der Waals surface area contributed by atoms with Crippen molar-refractivity contribution in [1.82, 2.24) is 0 Å². The van der Waals surface area contributed by atoms with E-state index in [0.717, 1.165) is 12.0 Å². The van der Waals surface area contributed by atoms with Gasteiger partial charge in [-0.2, -0.15) is 0 Å². The number of aliphatic hydroxyl groups is 1. The lowest BCUT2D eigenvalue weighted by Crippen LogP contribution is -2.29. The van der Waals surface area contributed by atoms with Crippen molar-refractivity contribution in [2.24, 2.45) is 0 Å². The lowest BCUT2D eigenvalue weighted by Gasteiger charge is -2.26. The van der Waals surface area contributed by atoms with Gasteiger partial charge in [-0.3, -0.25) is 19.3 Å². The third kappa shape index (κ3) is 5.25. The van der Waals surface area contributed by atoms with E-state index in [2.05, 4.69) is 5.32 Å². The van der Waals surface area contributed by atoms with Gasteiger partial charge in [-0.1, -0.05) is 25.1 Å². The van der Waals surface area contributed by atoms with Gasteiger partial charge in [0, 0.05) is 23.9 Å². The second-order valence-electron chi connectivity index (χ2n) is 9.00. The van der Waals surface area contributed by atoms with Crippen molar-refractivity contribution in [3.63, 3.8) is 0 Å². The lowest BCUT2D eigenvalue weighted by atomic mass is 9.94. The molecule has 1 atom stereocenters. The summed E-state index contributed by atoms with van der Waals surface area (Å²) in [5.74, 6) is -0.848. The van der Waals surface area contributed by atoms with Gasteiger partial charge in [0.15, 0.2) is 0 Å². The number of aryl methyl sites for hydroxylation is 1. The number of benzene rings is 3. The van der Waals surface area contributed by atoms with E-state index < -0.39 is 17.7 Å². The molecule has 0 radical (unpaired) electrons. The largest absolute Gasteiger partial charge is 0.507 e. The van der Waals surface area contributed by atoms with E-state index in [1.165, 1.54) is 11.8 Å². The summed E-state index contributed by atoms with van der Waals surface area (Å²) in [6, 6.07) is 17.9. The maximum absolute atomic E-state index is 13.4. The molecule has 3 aromatic carbocycles. The number of amides is 2. The van der Waals surface area contributed by atoms with Gasteiger partial charge in [0.1, 0.15) is 17.3 Å². The number of methoxy groups -OCH3 is 1. The molecule has 1 heterocycles. The molecule has 38 heavy (non-hydrogen) atoms. The average Bonchev–Trinajstić information content (AvgIpc) is 3.17. The number of carbonyl (C=O) groups excluding carboxylic acids is 3. The highest BCUT2D eigenvalue weighted by Gasteiger charge is 2.47. The van der Waals surface area contributed by atoms with Gasteiger partial charge in [0.2, 0.25) is 5.91 Å². The molecule has 4 rings (SSSR count). The standard InChI is InChI=1S/C30H30N2O6/c1-5-15-38-25-14-11-21(16-18(25)2)28(34)26-27(20-9-12-24(37-4)13-10-20)32(30(36)29(26)35)23-8-6-7-22(17-23)31-19(3)33/h6-14,16-17,27,34H,5,15H2,1-4H3,(H,31,33)/b28-26+. The minimum absolute atomic E-state index is 0.0354. The van der Waals surface area contributed by atoms with Crippen molar-refractivity contribution in [2.75, 3.05) is 23.9 Å². The van der Waals surface area contributed by atoms with Crippen molar-refractivity contribution in [2.45, 2.75) is 33.2 Å². The number of nitrogens with one attached hydrogen (secondary N) is 1. The van der Waals surface area contributed by atoms with Crippen molar-refractivity contribution < 1.29 is 29.0 Å². The van der Waals surface area contributed by atoms with Gasteiger partial charge < -0.3 is 19.9 Å². The number of nitrogens with zero attached hydrogens (tertiary/aromatic N) is 1. The Morgan fingerprint density at radius 1 is 1.05 bits per heavy atom. The molecular formula is C30H30N2O6. The summed E-state index contributed by atoms with van der Waals surface area (Å²) in [6.45, 7) is 5.82. The number of aliphatic hydroxyl groups excluding tert-OH is 1. The SMILES string of the molecule is CCCOc1ccc(/C(O)=C2\C(=O)C(=O)N(c3cccc(NC(C)=O)c3)C2c2ccc(OC)cc2)cc1C. The Hall–Kier alpha value is -4.59. The fraction of sp³-hybridized carbons (Fsp3) is 0.233. The van der Waals surface area contributed by atoms with E-state index in [1.807, 2.05) is 13.8 Å². The molecule has 1 unspecified atom stereocenters. The summed E-state index contributed by atoms with van der Waals surface area (Å²) >= 11 is 0. The monoisotopic (exact) mass is 514 g/mol. The summed E-state index contributed by atoms with van der Waals surface area (Å²) in [5, 5.41) is 14.1. The van der Waals surface area contributed by atoms with Crippen LogP contribution in [0.25, 0.3) is 5.76 Å². The van der Waals surface area contributed by atoms with E-state index in [0.29, 0.717) is 40.6 Å². The fourth-order valence-corrected chi connectivity index (χ4v) is 4.46. The molecule has 0 spiro atoms. The van der Waals surface area contributed by atoms with E-state index in [9.17, 15) is 19.5 Å². The van der Waals surface area contributed by atoms with Gasteiger partial charge >= 0.3 is 0 Å². The number of anilines is 2. The van der Waals surface area contributed by atoms with E-state index >= 15 is 0 Å². The third-order valence-corrected chi connectivity index (χ3v) is 6.23. The number of ketones is 1. The summed E-state index contributed by atoms with van der Waals surface area (Å²) in [5.41, 5.74) is 2.64. The number of carbonyl (C=O) groups is 3. The van der Waals surface area contributed by atoms with Crippen LogP contribution in [0, 0.1) is 6.92 Å². The van der Waals surface area contributed by atoms with Gasteiger partial charge in [-0.15, -0.1) is 0 Å². The van der Waals surface area contributed by atoms with Crippen LogP contribution in [0.1, 0.15) is 43.0 Å². The number of hydrogen-bond acceptors (Lipinski definition) is 6. The van der Waals surface area contributed by atoms with Crippen LogP contribution < -0.4 is 19.7 Å². The van der Waals surface area contributed by atoms with E-state index in [4.69, 9.17) is 9.47 Å². The minimum atomic E-state index is -0.912. The van der Waals surface area contributed by atoms with Gasteiger partial charge in [-0.25, -0.2) is 0 Å². The van der Waals surface area contributed by atoms with Crippen LogP contribution in [0.3, 0.4) is 0 Å². The van der Waals surface area contributed by atoms with Crippen molar-refractivity contribution in [3.05, 3.63) is 89.0 Å². The molecule has 196 valence electrons. The molecule has 1 aliphatic rings. The number of ether oxygens (including phenoxy) is 2. The highest BCUT2D eigenvalue weighted by Crippen LogP contribution is 2.43. The first kappa shape index (κ1) is 26.5. The van der Waals surface area contributed by atoms with E-state index in [-0.39, 0.29) is 17.2 Å². The summed E-state index contributed by atoms with van der Waals surface area (Å²) in [6.07, 6.45) is 0.857. The van der Waals surface area contributed by atoms with Gasteiger partial charge in [0.05, 0.1) is 25.3 Å². The van der Waals surface area contributed by atoms with Crippen LogP contribution in [0.4, 0.5) is 11.4 Å². The Kier molecular flexibility index (Phi) is 7.81. The molecule has 2 N–H and O–H groups in total. The molecule has 0 saturated carbocycles. The highest BCUT2D eigenvalue weighted by atomic mass is 16.5. The van der Waals surface area contributed by atoms with Gasteiger partial charge in [0.25, 0.3) is 11.7 Å². The molecule has 3 aromatic rings. The Labute approximate surface area is 221 Å². The average molecular weight is 515 g/mol. The molecule has 1 fully saturated rings. The molecular weight excluding hydrogens is 484 g/mol. The topological polar surface area (TPSA) is 105 Å². The first-order chi connectivity index (χ1) is 18.2. The Morgan fingerprint density at radius 3 is 2.42 bits per heavy atom. The number of rotatable bonds is 8. The van der Waals surface area contributed by atoms with Crippen LogP contribution in [-0.2, 0) is 14.4 Å². The molecule has 2 amide bonds. The normalized spacial score (nSPS) is 16.4. The Morgan fingerprint density at radius 2 is 1.79 bits per heavy atom. The first-order valence-electron chi connectivity index (χ1n) is 12.3. The minimum Gasteiger partial charge on any atom is -0.507 e. The van der Waals surface area contributed by atoms with Crippen molar-refractivity contribution in [3.8, 4) is 11.5 Å². The fourth-order valence-electron chi connectivity index (χ4n) is 4.46. The maximum atomic E-state index is 13.4. The zero-order chi connectivity index (χ0) is 27.4. The van der Waals surface area contributed by atoms with E-state index in [1.54, 1.807) is 73.8 Å². The predicted molar refractivity (Wildman–Crippen MR) is 145 cm³/mol. The molecule has 0 aliphatic carbocycles. The summed E-state index contributed by atoms with van der Waals surface area (Å²) < 4.78 is 11.0. The van der Waals surface area contributed by atoms with Crippen molar-refractivity contribution in [1.29, 1.82) is 0 Å². The Balaban J connectivity index is 1.87.